The van der Waals surface area contributed by atoms with Crippen LogP contribution in [0.25, 0.3) is 0 Å². The van der Waals surface area contributed by atoms with E-state index in [2.05, 4.69) is 6.58 Å². The number of hydrogen-bond donors (Lipinski definition) is 1. The fourth-order valence-electron chi connectivity index (χ4n) is 1.29. The second kappa shape index (κ2) is 5.32. The van der Waals surface area contributed by atoms with Gasteiger partial charge in [0.2, 0.25) is 0 Å². The number of hydrogen-bond acceptors (Lipinski definition) is 3. The van der Waals surface area contributed by atoms with Crippen LogP contribution in [0.2, 0.25) is 0 Å². The smallest absolute Gasteiger partial charge is 0.382 e. The van der Waals surface area contributed by atoms with Gasteiger partial charge in [0.15, 0.2) is 0 Å². The number of carbonyl (C=O) groups excluding carboxylic acids is 1. The van der Waals surface area contributed by atoms with Crippen LogP contribution in [0.1, 0.15) is 6.92 Å². The van der Waals surface area contributed by atoms with E-state index in [-0.39, 0.29) is 5.57 Å². The number of carbonyl (C=O) groups is 1. The maximum absolute atomic E-state index is 12.9. The monoisotopic (exact) mass is 347 g/mol. The van der Waals surface area contributed by atoms with E-state index >= 15 is 0 Å². The van der Waals surface area contributed by atoms with Gasteiger partial charge >= 0.3 is 23.7 Å². The minimum absolute atomic E-state index is 0.0648. The SMILES string of the molecule is C=C(C)C(=O)[O-].OCC1(F)C(F)(F)C(F)(F)C(F)(F)C1(F)F. The maximum Gasteiger partial charge on any atom is 0.382 e. The van der Waals surface area contributed by atoms with Crippen LogP contribution in [0.15, 0.2) is 12.2 Å². The lowest BCUT2D eigenvalue weighted by Crippen LogP contribution is -2.57. The molecule has 0 aromatic carbocycles. The Morgan fingerprint density at radius 3 is 1.23 bits per heavy atom. The molecule has 0 spiro atoms. The van der Waals surface area contributed by atoms with E-state index in [1.54, 1.807) is 0 Å². The molecular formula is C10H8F9O3-. The number of carboxylic acids is 1. The van der Waals surface area contributed by atoms with Gasteiger partial charge in [-0.1, -0.05) is 6.58 Å². The fraction of sp³-hybridized carbons (Fsp3) is 0.700. The number of aliphatic hydroxyl groups is 1. The molecule has 0 aromatic rings. The lowest BCUT2D eigenvalue weighted by molar-refractivity contribution is -0.303. The summed E-state index contributed by atoms with van der Waals surface area (Å²) in [4.78, 5) is 9.49. The molecule has 1 aliphatic rings. The minimum atomic E-state index is -6.60. The quantitative estimate of drug-likeness (QED) is 0.609. The topological polar surface area (TPSA) is 60.4 Å². The molecule has 130 valence electrons. The molecule has 0 aliphatic heterocycles. The highest BCUT2D eigenvalue weighted by molar-refractivity contribution is 5.82. The molecule has 0 saturated heterocycles. The van der Waals surface area contributed by atoms with Gasteiger partial charge in [-0.15, -0.1) is 0 Å². The minimum Gasteiger partial charge on any atom is -0.545 e. The summed E-state index contributed by atoms with van der Waals surface area (Å²) in [5, 5.41) is 17.4. The molecule has 1 rings (SSSR count). The Kier molecular flexibility index (Phi) is 4.96. The highest BCUT2D eigenvalue weighted by atomic mass is 19.4. The van der Waals surface area contributed by atoms with E-state index in [1.807, 2.05) is 0 Å². The Hall–Kier alpha value is -1.46. The van der Waals surface area contributed by atoms with Crippen LogP contribution in [0.5, 0.6) is 0 Å². The van der Waals surface area contributed by atoms with Crippen molar-refractivity contribution >= 4 is 5.97 Å². The van der Waals surface area contributed by atoms with E-state index in [0.717, 1.165) is 0 Å². The zero-order chi connectivity index (χ0) is 18.4. The van der Waals surface area contributed by atoms with Crippen molar-refractivity contribution in [2.24, 2.45) is 0 Å². The summed E-state index contributed by atoms with van der Waals surface area (Å²) in [6, 6.07) is 0. The van der Waals surface area contributed by atoms with Gasteiger partial charge in [0.25, 0.3) is 5.67 Å². The van der Waals surface area contributed by atoms with Crippen molar-refractivity contribution in [3.05, 3.63) is 12.2 Å². The summed E-state index contributed by atoms with van der Waals surface area (Å²) >= 11 is 0. The normalized spacial score (nSPS) is 25.8. The second-order valence-electron chi connectivity index (χ2n) is 4.32. The summed E-state index contributed by atoms with van der Waals surface area (Å²) in [5.41, 5.74) is -5.65. The average molecular weight is 347 g/mol. The molecule has 0 aromatic heterocycles. The summed E-state index contributed by atoms with van der Waals surface area (Å²) < 4.78 is 112. The number of alkyl halides is 9. The molecule has 12 heteroatoms. The summed E-state index contributed by atoms with van der Waals surface area (Å²) in [7, 11) is 0. The van der Waals surface area contributed by atoms with Gasteiger partial charge in [0.1, 0.15) is 0 Å². The molecule has 22 heavy (non-hydrogen) atoms. The lowest BCUT2D eigenvalue weighted by Gasteiger charge is -2.28. The first-order chi connectivity index (χ1) is 9.45. The van der Waals surface area contributed by atoms with E-state index in [4.69, 9.17) is 5.11 Å². The number of halogens is 9. The van der Waals surface area contributed by atoms with Gasteiger partial charge in [-0.3, -0.25) is 0 Å². The summed E-state index contributed by atoms with van der Waals surface area (Å²) in [6.07, 6.45) is 0. The fourth-order valence-corrected chi connectivity index (χ4v) is 1.29. The number of aliphatic hydroxyl groups excluding tert-OH is 1. The van der Waals surface area contributed by atoms with Crippen LogP contribution in [0.4, 0.5) is 39.5 Å². The predicted octanol–water partition coefficient (Wildman–Crippen LogP) is 1.55. The maximum atomic E-state index is 12.9. The van der Waals surface area contributed by atoms with Crippen molar-refractivity contribution in [2.75, 3.05) is 6.61 Å². The molecule has 0 unspecified atom stereocenters. The number of carboxylic acid groups (broad SMARTS) is 1. The first kappa shape index (κ1) is 20.5. The van der Waals surface area contributed by atoms with Gasteiger partial charge in [-0.25, -0.2) is 4.39 Å². The Morgan fingerprint density at radius 2 is 1.14 bits per heavy atom. The Labute approximate surface area is 117 Å². The van der Waals surface area contributed by atoms with Crippen molar-refractivity contribution < 1.29 is 54.5 Å². The molecule has 0 bridgehead atoms. The molecule has 3 nitrogen and oxygen atoms in total. The second-order valence-corrected chi connectivity index (χ2v) is 4.32. The van der Waals surface area contributed by atoms with Gasteiger partial charge in [-0.2, -0.15) is 35.1 Å². The Bertz CT molecular complexity index is 434. The molecule has 0 radical (unpaired) electrons. The van der Waals surface area contributed by atoms with Gasteiger partial charge in [0, 0.05) is 0 Å². The third-order valence-corrected chi connectivity index (χ3v) is 2.74. The Balaban J connectivity index is 0.000000626. The molecular weight excluding hydrogens is 339 g/mol. The van der Waals surface area contributed by atoms with Crippen LogP contribution >= 0.6 is 0 Å². The molecule has 1 saturated carbocycles. The summed E-state index contributed by atoms with van der Waals surface area (Å²) in [6.45, 7) is 1.61. The van der Waals surface area contributed by atoms with Crippen LogP contribution in [-0.2, 0) is 4.79 Å². The molecule has 0 atom stereocenters. The molecule has 0 heterocycles. The third kappa shape index (κ3) is 2.23. The molecule has 1 fully saturated rings. The van der Waals surface area contributed by atoms with Gasteiger partial charge in [-0.05, 0) is 12.5 Å². The van der Waals surface area contributed by atoms with Crippen LogP contribution in [0, 0.1) is 0 Å². The first-order valence-electron chi connectivity index (χ1n) is 5.13. The standard InChI is InChI=1S/C6H3F9O.C4H6O2/c7-2(1-16)3(8,9)5(12,13)6(14,15)4(2,10)11;1-3(2)4(5)6/h16H,1H2;1H2,2H3,(H,5,6)/p-1. The number of rotatable bonds is 2. The lowest BCUT2D eigenvalue weighted by atomic mass is 9.98. The largest absolute Gasteiger partial charge is 0.545 e. The highest BCUT2D eigenvalue weighted by Gasteiger charge is 3.00. The van der Waals surface area contributed by atoms with Crippen LogP contribution < -0.4 is 5.11 Å². The van der Waals surface area contributed by atoms with E-state index in [9.17, 15) is 49.4 Å². The molecule has 0 amide bonds. The molecule has 1 aliphatic carbocycles. The first-order valence-corrected chi connectivity index (χ1v) is 5.13. The van der Waals surface area contributed by atoms with Gasteiger partial charge < -0.3 is 15.0 Å². The van der Waals surface area contributed by atoms with E-state index in [1.165, 1.54) is 6.92 Å². The van der Waals surface area contributed by atoms with Crippen LogP contribution in [0.3, 0.4) is 0 Å². The van der Waals surface area contributed by atoms with E-state index < -0.39 is 41.9 Å². The van der Waals surface area contributed by atoms with Crippen LogP contribution in [-0.4, -0.2) is 47.0 Å². The zero-order valence-electron chi connectivity index (χ0n) is 10.6. The van der Waals surface area contributed by atoms with Crippen molar-refractivity contribution in [2.45, 2.75) is 36.3 Å². The van der Waals surface area contributed by atoms with Crippen molar-refractivity contribution in [3.8, 4) is 0 Å². The Morgan fingerprint density at radius 1 is 0.909 bits per heavy atom. The third-order valence-electron chi connectivity index (χ3n) is 2.74. The highest BCUT2D eigenvalue weighted by Crippen LogP contribution is 2.68. The summed E-state index contributed by atoms with van der Waals surface area (Å²) in [5.74, 6) is -27.2. The average Bonchev–Trinajstić information content (AvgIpc) is 2.40. The van der Waals surface area contributed by atoms with Crippen molar-refractivity contribution in [1.82, 2.24) is 0 Å². The predicted molar refractivity (Wildman–Crippen MR) is 50.5 cm³/mol. The van der Waals surface area contributed by atoms with Gasteiger partial charge in [0.05, 0.1) is 12.6 Å². The van der Waals surface area contributed by atoms with Crippen molar-refractivity contribution in [3.63, 3.8) is 0 Å². The molecule has 1 N–H and O–H groups in total. The van der Waals surface area contributed by atoms with E-state index in [0.29, 0.717) is 0 Å². The zero-order valence-corrected chi connectivity index (χ0v) is 10.6. The van der Waals surface area contributed by atoms with Crippen molar-refractivity contribution in [1.29, 1.82) is 0 Å². The number of aliphatic carboxylic acids is 1.